The Morgan fingerprint density at radius 2 is 2.02 bits per heavy atom. The lowest BCUT2D eigenvalue weighted by Gasteiger charge is -2.40. The maximum absolute atomic E-state index is 13.9. The number of methoxy groups -OCH3 is 1. The van der Waals surface area contributed by atoms with Crippen LogP contribution in [0.15, 0.2) is 35.6 Å². The van der Waals surface area contributed by atoms with Crippen molar-refractivity contribution in [3.8, 4) is 0 Å². The first-order valence-electron chi connectivity index (χ1n) is 14.6. The van der Waals surface area contributed by atoms with E-state index in [2.05, 4.69) is 46.0 Å². The molecule has 5 heterocycles. The maximum atomic E-state index is 13.9. The first kappa shape index (κ1) is 32.2. The van der Waals surface area contributed by atoms with Gasteiger partial charge in [-0.3, -0.25) is 9.59 Å². The van der Waals surface area contributed by atoms with Gasteiger partial charge < -0.3 is 26.0 Å². The van der Waals surface area contributed by atoms with Crippen molar-refractivity contribution in [2.45, 2.75) is 44.9 Å². The van der Waals surface area contributed by atoms with Crippen LogP contribution >= 0.6 is 11.3 Å². The van der Waals surface area contributed by atoms with Crippen molar-refractivity contribution in [2.75, 3.05) is 26.7 Å². The molecule has 1 aromatic carbocycles. The predicted octanol–water partition coefficient (Wildman–Crippen LogP) is -0.257. The number of amidine groups is 1. The lowest BCUT2D eigenvalue weighted by atomic mass is 10.1. The van der Waals surface area contributed by atoms with E-state index in [0.29, 0.717) is 34.3 Å². The number of carbonyl (C=O) groups excluding carboxylic acids is 3. The fraction of sp³-hybridized carbons (Fsp3) is 0.407. The van der Waals surface area contributed by atoms with Gasteiger partial charge in [0.2, 0.25) is 5.91 Å². The number of hydrogen-bond donors (Lipinski definition) is 4. The van der Waals surface area contributed by atoms with Gasteiger partial charge >= 0.3 is 16.3 Å². The zero-order chi connectivity index (χ0) is 33.3. The average molecular weight is 685 g/mol. The third-order valence-corrected chi connectivity index (χ3v) is 10.7. The molecule has 0 saturated carbocycles. The summed E-state index contributed by atoms with van der Waals surface area (Å²) in [6.07, 6.45) is 2.55. The van der Waals surface area contributed by atoms with Crippen molar-refractivity contribution < 1.29 is 27.5 Å². The topological polar surface area (TPSA) is 236 Å². The van der Waals surface area contributed by atoms with Crippen molar-refractivity contribution in [1.82, 2.24) is 49.4 Å². The zero-order valence-electron chi connectivity index (χ0n) is 25.4. The molecule has 0 bridgehead atoms. The highest BCUT2D eigenvalue weighted by Gasteiger charge is 2.39. The highest BCUT2D eigenvalue weighted by Crippen LogP contribution is 2.28. The predicted molar refractivity (Wildman–Crippen MR) is 169 cm³/mol. The number of amides is 3. The maximum Gasteiger partial charge on any atom is 0.435 e. The van der Waals surface area contributed by atoms with Gasteiger partial charge in [-0.25, -0.2) is 13.8 Å². The molecule has 2 aliphatic rings. The lowest BCUT2D eigenvalue weighted by molar-refractivity contribution is -0.122. The van der Waals surface area contributed by atoms with Crippen LogP contribution < -0.4 is 16.4 Å². The molecule has 1 fully saturated rings. The molecule has 20 heteroatoms. The standard InChI is InChI=1S/C27H32N12O6S2/c1-15-7-20-21(10-29-15)46-25(31-20)26(41)39-6-5-37(14-19(39)9-23(40)30-11-22-33-35-36-34-22)47(43,44)38-12-17-4-3-16(8-18(17)13-38)24(28)32-27(42)45-2/h3-4,8,12-13,15,19,29H,5-7,9-11,14H2,1-2H3,(H,30,40)(H2,28,32,42)(H,33,34,35,36). The van der Waals surface area contributed by atoms with Crippen LogP contribution in [-0.2, 0) is 39.3 Å². The third-order valence-electron chi connectivity index (χ3n) is 7.93. The number of hydrogen-bond acceptors (Lipinski definition) is 12. The van der Waals surface area contributed by atoms with Crippen LogP contribution in [0.2, 0.25) is 0 Å². The Bertz CT molecular complexity index is 1950. The van der Waals surface area contributed by atoms with Gasteiger partial charge in [0, 0.05) is 78.7 Å². The number of benzene rings is 1. The number of H-pyrrole nitrogens is 1. The summed E-state index contributed by atoms with van der Waals surface area (Å²) in [5, 5.41) is 20.9. The summed E-state index contributed by atoms with van der Waals surface area (Å²) in [6.45, 7) is 2.59. The van der Waals surface area contributed by atoms with Gasteiger partial charge in [0.15, 0.2) is 10.8 Å². The Morgan fingerprint density at radius 1 is 1.21 bits per heavy atom. The third kappa shape index (κ3) is 6.84. The first-order valence-corrected chi connectivity index (χ1v) is 16.8. The van der Waals surface area contributed by atoms with E-state index in [0.717, 1.165) is 14.5 Å². The molecule has 6 rings (SSSR count). The van der Waals surface area contributed by atoms with Crippen LogP contribution in [0.25, 0.3) is 10.8 Å². The Balaban J connectivity index is 1.24. The number of fused-ring (bicyclic) bond motifs is 2. The molecule has 3 aromatic heterocycles. The van der Waals surface area contributed by atoms with Crippen LogP contribution in [0, 0.1) is 0 Å². The minimum absolute atomic E-state index is 0.00274. The number of ether oxygens (including phenoxy) is 1. The number of piperazine rings is 1. The molecule has 248 valence electrons. The molecule has 1 saturated heterocycles. The average Bonchev–Trinajstić information content (AvgIpc) is 3.83. The highest BCUT2D eigenvalue weighted by molar-refractivity contribution is 7.87. The minimum atomic E-state index is -4.13. The fourth-order valence-electron chi connectivity index (χ4n) is 5.47. The smallest absolute Gasteiger partial charge is 0.435 e. The van der Waals surface area contributed by atoms with Gasteiger partial charge in [0.1, 0.15) is 5.84 Å². The first-order chi connectivity index (χ1) is 22.5. The molecule has 3 amide bonds. The summed E-state index contributed by atoms with van der Waals surface area (Å²) in [5.41, 5.74) is 7.21. The van der Waals surface area contributed by atoms with Crippen molar-refractivity contribution >= 4 is 56.1 Å². The number of aliphatic imine (C=N–C) groups is 1. The van der Waals surface area contributed by atoms with Gasteiger partial charge in [-0.2, -0.15) is 22.9 Å². The monoisotopic (exact) mass is 684 g/mol. The molecule has 2 unspecified atom stereocenters. The molecule has 5 N–H and O–H groups in total. The van der Waals surface area contributed by atoms with E-state index < -0.39 is 28.3 Å². The Morgan fingerprint density at radius 3 is 2.79 bits per heavy atom. The van der Waals surface area contributed by atoms with E-state index in [1.54, 1.807) is 18.2 Å². The molecule has 18 nitrogen and oxygen atoms in total. The number of nitrogens with zero attached hydrogens (tertiary/aromatic N) is 8. The zero-order valence-corrected chi connectivity index (χ0v) is 27.0. The largest absolute Gasteiger partial charge is 0.451 e. The summed E-state index contributed by atoms with van der Waals surface area (Å²) in [4.78, 5) is 49.2. The molecule has 2 aliphatic heterocycles. The highest BCUT2D eigenvalue weighted by atomic mass is 32.2. The van der Waals surface area contributed by atoms with Crippen LogP contribution in [-0.4, -0.2) is 110 Å². The normalized spacial score (nSPS) is 19.0. The van der Waals surface area contributed by atoms with Gasteiger partial charge in [-0.05, 0) is 13.0 Å². The number of aromatic amines is 1. The van der Waals surface area contributed by atoms with E-state index in [4.69, 9.17) is 5.73 Å². The van der Waals surface area contributed by atoms with Gasteiger partial charge in [-0.1, -0.05) is 17.3 Å². The van der Waals surface area contributed by atoms with Crippen molar-refractivity contribution in [1.29, 1.82) is 0 Å². The molecule has 0 aliphatic carbocycles. The van der Waals surface area contributed by atoms with Gasteiger partial charge in [-0.15, -0.1) is 21.5 Å². The molecule has 4 aromatic rings. The Hall–Kier alpha value is -4.79. The number of aromatic nitrogens is 6. The lowest BCUT2D eigenvalue weighted by Crippen LogP contribution is -2.58. The summed E-state index contributed by atoms with van der Waals surface area (Å²) in [6, 6.07) is 4.33. The van der Waals surface area contributed by atoms with E-state index in [1.165, 1.54) is 40.0 Å². The minimum Gasteiger partial charge on any atom is -0.451 e. The number of thiazole rings is 1. The second kappa shape index (κ2) is 13.1. The molecule has 0 spiro atoms. The molecule has 0 radical (unpaired) electrons. The van der Waals surface area contributed by atoms with Crippen molar-refractivity contribution in [3.05, 3.63) is 57.6 Å². The van der Waals surface area contributed by atoms with Gasteiger partial charge in [0.05, 0.1) is 25.4 Å². The number of rotatable bonds is 8. The summed E-state index contributed by atoms with van der Waals surface area (Å²) in [5.74, 6) is -0.576. The second-order valence-corrected chi connectivity index (χ2v) is 14.0. The number of carbonyl (C=O) groups is 3. The van der Waals surface area contributed by atoms with Crippen LogP contribution in [0.3, 0.4) is 0 Å². The number of tetrazole rings is 1. The molecule has 2 atom stereocenters. The molecule has 47 heavy (non-hydrogen) atoms. The van der Waals surface area contributed by atoms with Crippen LogP contribution in [0.1, 0.15) is 45.1 Å². The van der Waals surface area contributed by atoms with Crippen molar-refractivity contribution in [2.24, 2.45) is 10.7 Å². The number of nitrogens with one attached hydrogen (secondary N) is 3. The van der Waals surface area contributed by atoms with E-state index in [9.17, 15) is 22.8 Å². The van der Waals surface area contributed by atoms with E-state index in [1.807, 2.05) is 6.92 Å². The molecular formula is C27H32N12O6S2. The number of nitrogens with two attached hydrogens (primary N) is 1. The Labute approximate surface area is 272 Å². The Kier molecular flexibility index (Phi) is 8.99. The quantitative estimate of drug-likeness (QED) is 0.139. The fourth-order valence-corrected chi connectivity index (χ4v) is 7.90. The van der Waals surface area contributed by atoms with Crippen LogP contribution in [0.5, 0.6) is 0 Å². The van der Waals surface area contributed by atoms with E-state index in [-0.39, 0.29) is 56.2 Å². The van der Waals surface area contributed by atoms with E-state index >= 15 is 0 Å². The van der Waals surface area contributed by atoms with Gasteiger partial charge in [0.25, 0.3) is 5.91 Å². The summed E-state index contributed by atoms with van der Waals surface area (Å²) in [7, 11) is -2.95. The molecular weight excluding hydrogens is 653 g/mol. The summed E-state index contributed by atoms with van der Waals surface area (Å²) >= 11 is 1.31. The second-order valence-electron chi connectivity index (χ2n) is 11.1. The van der Waals surface area contributed by atoms with Crippen molar-refractivity contribution in [3.63, 3.8) is 0 Å². The SMILES string of the molecule is COC(=O)N=C(N)c1ccc2cn(S(=O)(=O)N3CCN(C(=O)c4nc5c(s4)CNC(C)C5)C(CC(=O)NCc4nn[nH]n4)C3)cc2c1. The van der Waals surface area contributed by atoms with Crippen LogP contribution in [0.4, 0.5) is 4.79 Å². The summed E-state index contributed by atoms with van der Waals surface area (Å²) < 4.78 is 34.7.